The minimum Gasteiger partial charge on any atom is -0.507 e. The van der Waals surface area contributed by atoms with Crippen molar-refractivity contribution in [1.82, 2.24) is 5.32 Å². The van der Waals surface area contributed by atoms with Crippen molar-refractivity contribution in [1.29, 1.82) is 0 Å². The molecule has 0 saturated carbocycles. The van der Waals surface area contributed by atoms with Crippen molar-refractivity contribution >= 4 is 34.8 Å². The minimum atomic E-state index is -0.798. The molecule has 2 aromatic rings. The average molecular weight is 340 g/mol. The fraction of sp³-hybridized carbons (Fsp3) is 0.200. The maximum atomic E-state index is 11.8. The Bertz CT molecular complexity index is 658. The van der Waals surface area contributed by atoms with Gasteiger partial charge in [-0.05, 0) is 36.1 Å². The summed E-state index contributed by atoms with van der Waals surface area (Å²) in [4.78, 5) is 24.5. The van der Waals surface area contributed by atoms with E-state index in [0.29, 0.717) is 11.6 Å². The molecule has 2 rings (SSSR count). The second-order valence-corrected chi connectivity index (χ2v) is 5.89. The maximum Gasteiger partial charge on any atom is 0.342 e. The summed E-state index contributed by atoms with van der Waals surface area (Å²) in [5, 5.41) is 14.5. The number of carbonyl (C=O) groups is 2. The molecule has 7 heteroatoms. The van der Waals surface area contributed by atoms with Gasteiger partial charge < -0.3 is 15.2 Å². The first-order chi connectivity index (χ1) is 10.6. The van der Waals surface area contributed by atoms with Gasteiger partial charge in [0.1, 0.15) is 11.3 Å². The Labute approximate surface area is 136 Å². The number of rotatable bonds is 6. The molecular formula is C15H14ClNO4S. The number of nitrogens with one attached hydrogen (secondary N) is 1. The predicted octanol–water partition coefficient (Wildman–Crippen LogP) is 2.62. The topological polar surface area (TPSA) is 75.6 Å². The van der Waals surface area contributed by atoms with E-state index in [1.54, 1.807) is 11.3 Å². The van der Waals surface area contributed by atoms with Crippen molar-refractivity contribution in [2.75, 3.05) is 13.2 Å². The number of phenolic OH excluding ortho intramolecular Hbond substituents is 1. The molecule has 0 spiro atoms. The van der Waals surface area contributed by atoms with Crippen LogP contribution in [0.3, 0.4) is 0 Å². The smallest absolute Gasteiger partial charge is 0.342 e. The van der Waals surface area contributed by atoms with E-state index in [0.717, 1.165) is 6.42 Å². The van der Waals surface area contributed by atoms with Crippen LogP contribution in [-0.2, 0) is 16.0 Å². The lowest BCUT2D eigenvalue weighted by molar-refractivity contribution is -0.124. The van der Waals surface area contributed by atoms with Crippen LogP contribution in [0.1, 0.15) is 15.2 Å². The molecular weight excluding hydrogens is 326 g/mol. The van der Waals surface area contributed by atoms with Crippen molar-refractivity contribution in [2.45, 2.75) is 6.42 Å². The highest BCUT2D eigenvalue weighted by atomic mass is 35.5. The van der Waals surface area contributed by atoms with Crippen molar-refractivity contribution in [3.05, 3.63) is 51.2 Å². The van der Waals surface area contributed by atoms with Crippen LogP contribution in [0.15, 0.2) is 35.7 Å². The Kier molecular flexibility index (Phi) is 5.80. The van der Waals surface area contributed by atoms with Gasteiger partial charge in [0, 0.05) is 16.4 Å². The summed E-state index contributed by atoms with van der Waals surface area (Å²) in [6.07, 6.45) is 0.729. The molecule has 1 aromatic carbocycles. The second-order valence-electron chi connectivity index (χ2n) is 4.42. The van der Waals surface area contributed by atoms with Crippen LogP contribution in [0.2, 0.25) is 5.02 Å². The Hall–Kier alpha value is -2.05. The summed E-state index contributed by atoms with van der Waals surface area (Å²) >= 11 is 7.36. The zero-order chi connectivity index (χ0) is 15.9. The molecule has 1 heterocycles. The van der Waals surface area contributed by atoms with Crippen LogP contribution >= 0.6 is 22.9 Å². The number of thiophene rings is 1. The van der Waals surface area contributed by atoms with Gasteiger partial charge in [0.2, 0.25) is 0 Å². The van der Waals surface area contributed by atoms with Gasteiger partial charge in [-0.1, -0.05) is 17.7 Å². The molecule has 0 aliphatic carbocycles. The fourth-order valence-electron chi connectivity index (χ4n) is 1.71. The SMILES string of the molecule is O=C(COC(=O)c1cc(Cl)ccc1O)NCCc1cccs1. The number of ether oxygens (including phenoxy) is 1. The maximum absolute atomic E-state index is 11.8. The monoisotopic (exact) mass is 339 g/mol. The highest BCUT2D eigenvalue weighted by molar-refractivity contribution is 7.09. The van der Waals surface area contributed by atoms with E-state index in [2.05, 4.69) is 5.32 Å². The molecule has 1 aromatic heterocycles. The molecule has 0 radical (unpaired) electrons. The van der Waals surface area contributed by atoms with Crippen LogP contribution in [0.5, 0.6) is 5.75 Å². The second kappa shape index (κ2) is 7.82. The number of halogens is 1. The number of carbonyl (C=O) groups excluding carboxylic acids is 2. The molecule has 5 nitrogen and oxygen atoms in total. The van der Waals surface area contributed by atoms with E-state index in [4.69, 9.17) is 16.3 Å². The van der Waals surface area contributed by atoms with Gasteiger partial charge in [-0.3, -0.25) is 4.79 Å². The Morgan fingerprint density at radius 3 is 2.86 bits per heavy atom. The summed E-state index contributed by atoms with van der Waals surface area (Å²) in [7, 11) is 0. The molecule has 0 atom stereocenters. The normalized spacial score (nSPS) is 10.2. The standard InChI is InChI=1S/C15H14ClNO4S/c16-10-3-4-13(18)12(8-10)15(20)21-9-14(19)17-6-5-11-2-1-7-22-11/h1-4,7-8,18H,5-6,9H2,(H,17,19). The molecule has 2 N–H and O–H groups in total. The Morgan fingerprint density at radius 2 is 2.14 bits per heavy atom. The largest absolute Gasteiger partial charge is 0.507 e. The molecule has 0 fully saturated rings. The van der Waals surface area contributed by atoms with Crippen molar-refractivity contribution in [3.8, 4) is 5.75 Å². The van der Waals surface area contributed by atoms with Crippen LogP contribution in [0.25, 0.3) is 0 Å². The number of phenols is 1. The van der Waals surface area contributed by atoms with Crippen LogP contribution in [0, 0.1) is 0 Å². The van der Waals surface area contributed by atoms with E-state index < -0.39 is 18.5 Å². The molecule has 0 aliphatic rings. The first-order valence-corrected chi connectivity index (χ1v) is 7.77. The highest BCUT2D eigenvalue weighted by Gasteiger charge is 2.14. The van der Waals surface area contributed by atoms with Crippen molar-refractivity contribution in [2.24, 2.45) is 0 Å². The van der Waals surface area contributed by atoms with Crippen molar-refractivity contribution in [3.63, 3.8) is 0 Å². The summed E-state index contributed by atoms with van der Waals surface area (Å²) in [6, 6.07) is 7.96. The number of hydrogen-bond donors (Lipinski definition) is 2. The zero-order valence-corrected chi connectivity index (χ0v) is 13.1. The molecule has 0 aliphatic heterocycles. The zero-order valence-electron chi connectivity index (χ0n) is 11.5. The lowest BCUT2D eigenvalue weighted by atomic mass is 10.2. The van der Waals surface area contributed by atoms with Crippen LogP contribution in [0.4, 0.5) is 0 Å². The van der Waals surface area contributed by atoms with E-state index in [9.17, 15) is 14.7 Å². The lowest BCUT2D eigenvalue weighted by Crippen LogP contribution is -2.30. The lowest BCUT2D eigenvalue weighted by Gasteiger charge is -2.07. The van der Waals surface area contributed by atoms with E-state index >= 15 is 0 Å². The van der Waals surface area contributed by atoms with Gasteiger partial charge >= 0.3 is 5.97 Å². The summed E-state index contributed by atoms with van der Waals surface area (Å²) in [5.74, 6) is -1.44. The van der Waals surface area contributed by atoms with E-state index in [1.165, 1.54) is 23.1 Å². The number of esters is 1. The average Bonchev–Trinajstić information content (AvgIpc) is 3.00. The van der Waals surface area contributed by atoms with Gasteiger partial charge in [-0.25, -0.2) is 4.79 Å². The van der Waals surface area contributed by atoms with Gasteiger partial charge in [-0.15, -0.1) is 11.3 Å². The molecule has 0 unspecified atom stereocenters. The summed E-state index contributed by atoms with van der Waals surface area (Å²) < 4.78 is 4.85. The third kappa shape index (κ3) is 4.75. The molecule has 0 bridgehead atoms. The fourth-order valence-corrected chi connectivity index (χ4v) is 2.59. The summed E-state index contributed by atoms with van der Waals surface area (Å²) in [5.41, 5.74) is -0.0705. The number of amides is 1. The van der Waals surface area contributed by atoms with Gasteiger partial charge in [-0.2, -0.15) is 0 Å². The highest BCUT2D eigenvalue weighted by Crippen LogP contribution is 2.22. The van der Waals surface area contributed by atoms with Crippen molar-refractivity contribution < 1.29 is 19.4 Å². The quantitative estimate of drug-likeness (QED) is 0.793. The van der Waals surface area contributed by atoms with E-state index in [-0.39, 0.29) is 11.3 Å². The Balaban J connectivity index is 1.75. The first-order valence-electron chi connectivity index (χ1n) is 6.51. The molecule has 116 valence electrons. The molecule has 0 saturated heterocycles. The Morgan fingerprint density at radius 1 is 1.32 bits per heavy atom. The third-order valence-electron chi connectivity index (χ3n) is 2.79. The number of aromatic hydroxyl groups is 1. The minimum absolute atomic E-state index is 0.0705. The van der Waals surface area contributed by atoms with E-state index in [1.807, 2.05) is 17.5 Å². The first kappa shape index (κ1) is 16.3. The van der Waals surface area contributed by atoms with Gasteiger partial charge in [0.15, 0.2) is 6.61 Å². The molecule has 22 heavy (non-hydrogen) atoms. The van der Waals surface area contributed by atoms with Gasteiger partial charge in [0.05, 0.1) is 0 Å². The number of benzene rings is 1. The van der Waals surface area contributed by atoms with Crippen LogP contribution in [-0.4, -0.2) is 30.1 Å². The summed E-state index contributed by atoms with van der Waals surface area (Å²) in [6.45, 7) is 0.0640. The predicted molar refractivity (Wildman–Crippen MR) is 84.4 cm³/mol. The third-order valence-corrected chi connectivity index (χ3v) is 3.96. The van der Waals surface area contributed by atoms with Crippen LogP contribution < -0.4 is 5.32 Å². The molecule has 1 amide bonds. The van der Waals surface area contributed by atoms with Gasteiger partial charge in [0.25, 0.3) is 5.91 Å². The number of hydrogen-bond acceptors (Lipinski definition) is 5.